The lowest BCUT2D eigenvalue weighted by Gasteiger charge is -2.13. The van der Waals surface area contributed by atoms with Gasteiger partial charge in [0.05, 0.1) is 12.6 Å². The molecule has 0 aliphatic rings. The summed E-state index contributed by atoms with van der Waals surface area (Å²) in [6.07, 6.45) is 1.77. The van der Waals surface area contributed by atoms with Crippen LogP contribution in [0.1, 0.15) is 24.2 Å². The van der Waals surface area contributed by atoms with Crippen LogP contribution in [-0.2, 0) is 0 Å². The quantitative estimate of drug-likeness (QED) is 0.421. The van der Waals surface area contributed by atoms with E-state index in [4.69, 9.17) is 4.74 Å². The van der Waals surface area contributed by atoms with Crippen molar-refractivity contribution in [2.24, 2.45) is 0 Å². The Balaban J connectivity index is 1.67. The Kier molecular flexibility index (Phi) is 5.98. The number of rotatable bonds is 6. The minimum absolute atomic E-state index is 0.221. The highest BCUT2D eigenvalue weighted by Gasteiger charge is 2.12. The molecule has 4 rings (SSSR count). The number of fused-ring (bicyclic) bond motifs is 1. The van der Waals surface area contributed by atoms with Gasteiger partial charge in [0.15, 0.2) is 0 Å². The molecule has 0 saturated carbocycles. The molecule has 0 saturated heterocycles. The lowest BCUT2D eigenvalue weighted by molar-refractivity contribution is 0.102. The smallest absolute Gasteiger partial charge is 0.255 e. The van der Waals surface area contributed by atoms with Crippen molar-refractivity contribution in [1.29, 1.82) is 0 Å². The molecule has 0 atom stereocenters. The molecule has 0 bridgehead atoms. The van der Waals surface area contributed by atoms with Gasteiger partial charge >= 0.3 is 0 Å². The number of anilines is 2. The Morgan fingerprint density at radius 3 is 2.62 bits per heavy atom. The summed E-state index contributed by atoms with van der Waals surface area (Å²) in [6.45, 7) is 4.05. The first-order valence-electron chi connectivity index (χ1n) is 10.2. The average Bonchev–Trinajstić information content (AvgIpc) is 2.78. The van der Waals surface area contributed by atoms with Gasteiger partial charge in [-0.3, -0.25) is 4.79 Å². The third-order valence-electron chi connectivity index (χ3n) is 4.84. The second kappa shape index (κ2) is 9.01. The van der Waals surface area contributed by atoms with Gasteiger partial charge in [0.1, 0.15) is 11.6 Å². The lowest BCUT2D eigenvalue weighted by atomic mass is 10.0. The van der Waals surface area contributed by atoms with Crippen molar-refractivity contribution in [3.8, 4) is 16.9 Å². The molecule has 1 aromatic heterocycles. The fourth-order valence-electron chi connectivity index (χ4n) is 3.38. The predicted octanol–water partition coefficient (Wildman–Crippen LogP) is 5.52. The van der Waals surface area contributed by atoms with Crippen molar-refractivity contribution in [2.75, 3.05) is 17.7 Å². The Bertz CT molecular complexity index is 1290. The maximum atomic E-state index is 13.4. The SMILES string of the molecule is COc1cc2nc(NC(C)C)ncc2cc1-c1cccc(NC(=O)c2cccc(F)c2)c1. The third kappa shape index (κ3) is 4.67. The van der Waals surface area contributed by atoms with E-state index in [9.17, 15) is 9.18 Å². The van der Waals surface area contributed by atoms with Gasteiger partial charge in [-0.05, 0) is 55.8 Å². The van der Waals surface area contributed by atoms with Crippen LogP contribution in [0.15, 0.2) is 66.9 Å². The summed E-state index contributed by atoms with van der Waals surface area (Å²) in [5, 5.41) is 6.88. The summed E-state index contributed by atoms with van der Waals surface area (Å²) >= 11 is 0. The van der Waals surface area contributed by atoms with Crippen molar-refractivity contribution in [3.63, 3.8) is 0 Å². The van der Waals surface area contributed by atoms with Crippen LogP contribution in [0.4, 0.5) is 16.0 Å². The minimum Gasteiger partial charge on any atom is -0.496 e. The second-order valence-corrected chi connectivity index (χ2v) is 7.65. The van der Waals surface area contributed by atoms with Crippen molar-refractivity contribution in [3.05, 3.63) is 78.2 Å². The maximum Gasteiger partial charge on any atom is 0.255 e. The zero-order valence-electron chi connectivity index (χ0n) is 18.0. The molecule has 0 unspecified atom stereocenters. The standard InChI is InChI=1S/C25H23FN4O2/c1-15(2)28-25-27-14-18-12-21(23(32-3)13-22(18)30-25)16-6-5-9-20(11-16)29-24(31)17-7-4-8-19(26)10-17/h4-15H,1-3H3,(H,29,31)(H,27,28,30). The number of carbonyl (C=O) groups is 1. The van der Waals surface area contributed by atoms with E-state index in [1.54, 1.807) is 25.4 Å². The lowest BCUT2D eigenvalue weighted by Crippen LogP contribution is -2.12. The summed E-state index contributed by atoms with van der Waals surface area (Å²) in [7, 11) is 1.61. The van der Waals surface area contributed by atoms with E-state index in [1.807, 2.05) is 44.2 Å². The minimum atomic E-state index is -0.457. The highest BCUT2D eigenvalue weighted by molar-refractivity contribution is 6.04. The van der Waals surface area contributed by atoms with Gasteiger partial charge in [-0.1, -0.05) is 18.2 Å². The molecule has 0 fully saturated rings. The van der Waals surface area contributed by atoms with E-state index in [2.05, 4.69) is 20.6 Å². The van der Waals surface area contributed by atoms with Crippen LogP contribution < -0.4 is 15.4 Å². The first-order valence-corrected chi connectivity index (χ1v) is 10.2. The molecule has 6 nitrogen and oxygen atoms in total. The van der Waals surface area contributed by atoms with Gasteiger partial charge in [-0.25, -0.2) is 14.4 Å². The van der Waals surface area contributed by atoms with Crippen molar-refractivity contribution < 1.29 is 13.9 Å². The molecule has 3 aromatic carbocycles. The van der Waals surface area contributed by atoms with E-state index in [0.29, 0.717) is 17.4 Å². The largest absolute Gasteiger partial charge is 0.496 e. The zero-order valence-corrected chi connectivity index (χ0v) is 18.0. The molecule has 2 N–H and O–H groups in total. The number of amides is 1. The van der Waals surface area contributed by atoms with Crippen LogP contribution in [-0.4, -0.2) is 29.0 Å². The molecule has 162 valence electrons. The van der Waals surface area contributed by atoms with Gasteiger partial charge in [-0.15, -0.1) is 0 Å². The zero-order chi connectivity index (χ0) is 22.7. The summed E-state index contributed by atoms with van der Waals surface area (Å²) in [5.41, 5.74) is 3.30. The summed E-state index contributed by atoms with van der Waals surface area (Å²) in [5.74, 6) is 0.372. The molecule has 32 heavy (non-hydrogen) atoms. The van der Waals surface area contributed by atoms with Crippen LogP contribution in [0.3, 0.4) is 0 Å². The molecular weight excluding hydrogens is 407 g/mol. The van der Waals surface area contributed by atoms with Crippen LogP contribution >= 0.6 is 0 Å². The molecule has 0 aliphatic heterocycles. The molecule has 4 aromatic rings. The van der Waals surface area contributed by atoms with E-state index in [1.165, 1.54) is 18.2 Å². The number of carbonyl (C=O) groups excluding carboxylic acids is 1. The Morgan fingerprint density at radius 2 is 1.88 bits per heavy atom. The number of aromatic nitrogens is 2. The van der Waals surface area contributed by atoms with Crippen molar-refractivity contribution in [1.82, 2.24) is 9.97 Å². The first kappa shape index (κ1) is 21.2. The number of hydrogen-bond donors (Lipinski definition) is 2. The van der Waals surface area contributed by atoms with Gasteiger partial charge in [-0.2, -0.15) is 0 Å². The number of nitrogens with zero attached hydrogens (tertiary/aromatic N) is 2. The second-order valence-electron chi connectivity index (χ2n) is 7.65. The Labute approximate surface area is 185 Å². The molecule has 7 heteroatoms. The van der Waals surface area contributed by atoms with E-state index >= 15 is 0 Å². The topological polar surface area (TPSA) is 76.1 Å². The van der Waals surface area contributed by atoms with Gasteiger partial charge < -0.3 is 15.4 Å². The molecular formula is C25H23FN4O2. The van der Waals surface area contributed by atoms with E-state index in [-0.39, 0.29) is 17.5 Å². The first-order chi connectivity index (χ1) is 15.4. The van der Waals surface area contributed by atoms with Crippen molar-refractivity contribution in [2.45, 2.75) is 19.9 Å². The number of halogens is 1. The molecule has 0 aliphatic carbocycles. The molecule has 1 amide bonds. The van der Waals surface area contributed by atoms with E-state index in [0.717, 1.165) is 22.0 Å². The normalized spacial score (nSPS) is 10.9. The number of ether oxygens (including phenoxy) is 1. The summed E-state index contributed by atoms with van der Waals surface area (Å²) in [6, 6.07) is 17.0. The summed E-state index contributed by atoms with van der Waals surface area (Å²) in [4.78, 5) is 21.4. The fourth-order valence-corrected chi connectivity index (χ4v) is 3.38. The predicted molar refractivity (Wildman–Crippen MR) is 125 cm³/mol. The van der Waals surface area contributed by atoms with Crippen LogP contribution in [0.25, 0.3) is 22.0 Å². The highest BCUT2D eigenvalue weighted by atomic mass is 19.1. The van der Waals surface area contributed by atoms with Gasteiger partial charge in [0.25, 0.3) is 5.91 Å². The van der Waals surface area contributed by atoms with Crippen LogP contribution in [0.5, 0.6) is 5.75 Å². The molecule has 1 heterocycles. The van der Waals surface area contributed by atoms with Gasteiger partial charge in [0, 0.05) is 40.5 Å². The molecule has 0 radical (unpaired) electrons. The Hall–Kier alpha value is -4.00. The van der Waals surface area contributed by atoms with E-state index < -0.39 is 5.82 Å². The monoisotopic (exact) mass is 430 g/mol. The summed E-state index contributed by atoms with van der Waals surface area (Å²) < 4.78 is 19.1. The third-order valence-corrected chi connectivity index (χ3v) is 4.84. The Morgan fingerprint density at radius 1 is 1.06 bits per heavy atom. The van der Waals surface area contributed by atoms with Gasteiger partial charge in [0.2, 0.25) is 5.95 Å². The molecule has 0 spiro atoms. The average molecular weight is 430 g/mol. The number of methoxy groups -OCH3 is 1. The maximum absolute atomic E-state index is 13.4. The van der Waals surface area contributed by atoms with Crippen molar-refractivity contribution >= 4 is 28.4 Å². The highest BCUT2D eigenvalue weighted by Crippen LogP contribution is 2.35. The van der Waals surface area contributed by atoms with Crippen LogP contribution in [0, 0.1) is 5.82 Å². The number of hydrogen-bond acceptors (Lipinski definition) is 5. The van der Waals surface area contributed by atoms with Crippen LogP contribution in [0.2, 0.25) is 0 Å². The fraction of sp³-hybridized carbons (Fsp3) is 0.160. The number of benzene rings is 3. The number of nitrogens with one attached hydrogen (secondary N) is 2.